The number of piperazine rings is 1. The van der Waals surface area contributed by atoms with Gasteiger partial charge in [0.15, 0.2) is 6.73 Å². The lowest BCUT2D eigenvalue weighted by molar-refractivity contribution is -0.121. The van der Waals surface area contributed by atoms with E-state index in [0.717, 1.165) is 56.8 Å². The number of ether oxygens (including phenoxy) is 3. The van der Waals surface area contributed by atoms with E-state index < -0.39 is 6.16 Å². The fraction of sp³-hybridized carbons (Fsp3) is 0.500. The molecule has 3 heterocycles. The molecule has 3 aromatic rings. The molecule has 2 aliphatic heterocycles. The summed E-state index contributed by atoms with van der Waals surface area (Å²) in [5, 5.41) is 3.54. The Morgan fingerprint density at radius 1 is 1.02 bits per heavy atom. The number of thiophene rings is 1. The van der Waals surface area contributed by atoms with Crippen LogP contribution in [0.1, 0.15) is 52.5 Å². The maximum atomic E-state index is 13.0. The Hall–Kier alpha value is -3.30. The van der Waals surface area contributed by atoms with Crippen molar-refractivity contribution in [3.05, 3.63) is 53.4 Å². The minimum absolute atomic E-state index is 0.0934. The molecule has 2 aromatic carbocycles. The molecular formula is C32H41N3O5S. The third-order valence-electron chi connectivity index (χ3n) is 7.85. The Labute approximate surface area is 246 Å². The van der Waals surface area contributed by atoms with Gasteiger partial charge in [0.1, 0.15) is 5.75 Å². The Bertz CT molecular complexity index is 1360. The molecule has 0 unspecified atom stereocenters. The van der Waals surface area contributed by atoms with Gasteiger partial charge in [-0.05, 0) is 68.4 Å². The number of amides is 1. The third-order valence-corrected chi connectivity index (χ3v) is 8.73. The molecule has 8 nitrogen and oxygen atoms in total. The van der Waals surface area contributed by atoms with E-state index >= 15 is 0 Å². The first kappa shape index (κ1) is 29.2. The second kappa shape index (κ2) is 12.7. The van der Waals surface area contributed by atoms with Crippen LogP contribution in [0.2, 0.25) is 0 Å². The van der Waals surface area contributed by atoms with Crippen LogP contribution in [0.25, 0.3) is 10.1 Å². The van der Waals surface area contributed by atoms with Gasteiger partial charge in [-0.25, -0.2) is 4.79 Å². The van der Waals surface area contributed by atoms with Crippen molar-refractivity contribution in [2.24, 2.45) is 0 Å². The van der Waals surface area contributed by atoms with Crippen LogP contribution in [0.5, 0.6) is 5.75 Å². The van der Waals surface area contributed by atoms with Crippen LogP contribution < -0.4 is 14.5 Å². The molecular weight excluding hydrogens is 538 g/mol. The fourth-order valence-corrected chi connectivity index (χ4v) is 6.49. The van der Waals surface area contributed by atoms with Crippen molar-refractivity contribution in [3.63, 3.8) is 0 Å². The Morgan fingerprint density at radius 3 is 2.61 bits per heavy atom. The molecule has 1 saturated heterocycles. The van der Waals surface area contributed by atoms with Gasteiger partial charge in [0.05, 0.1) is 18.4 Å². The zero-order valence-corrected chi connectivity index (χ0v) is 25.4. The lowest BCUT2D eigenvalue weighted by Gasteiger charge is -2.38. The van der Waals surface area contributed by atoms with E-state index in [4.69, 9.17) is 14.2 Å². The summed E-state index contributed by atoms with van der Waals surface area (Å²) >= 11 is 1.80. The lowest BCUT2D eigenvalue weighted by Crippen LogP contribution is -2.46. The number of benzene rings is 2. The molecule has 0 aliphatic carbocycles. The van der Waals surface area contributed by atoms with Crippen LogP contribution in [0.15, 0.2) is 47.8 Å². The van der Waals surface area contributed by atoms with Gasteiger partial charge in [0.25, 0.3) is 0 Å². The Kier molecular flexibility index (Phi) is 9.04. The first-order valence-electron chi connectivity index (χ1n) is 14.6. The molecule has 2 aliphatic rings. The molecule has 41 heavy (non-hydrogen) atoms. The van der Waals surface area contributed by atoms with Gasteiger partial charge < -0.3 is 19.1 Å². The van der Waals surface area contributed by atoms with Crippen molar-refractivity contribution in [1.82, 2.24) is 4.90 Å². The predicted molar refractivity (Wildman–Crippen MR) is 164 cm³/mol. The summed E-state index contributed by atoms with van der Waals surface area (Å²) < 4.78 is 17.8. The van der Waals surface area contributed by atoms with E-state index in [2.05, 4.69) is 53.3 Å². The van der Waals surface area contributed by atoms with Crippen molar-refractivity contribution >= 4 is 44.9 Å². The fourth-order valence-electron chi connectivity index (χ4n) is 5.68. The molecule has 0 radical (unpaired) electrons. The summed E-state index contributed by atoms with van der Waals surface area (Å²) in [6.07, 6.45) is 1.27. The third kappa shape index (κ3) is 6.96. The summed E-state index contributed by atoms with van der Waals surface area (Å²) in [6.45, 7) is 13.3. The summed E-state index contributed by atoms with van der Waals surface area (Å²) in [7, 11) is 0. The summed E-state index contributed by atoms with van der Waals surface area (Å²) in [5.41, 5.74) is 2.78. The minimum atomic E-state index is -0.784. The average Bonchev–Trinajstić information content (AvgIpc) is 3.41. The van der Waals surface area contributed by atoms with Crippen LogP contribution in [0, 0.1) is 0 Å². The Morgan fingerprint density at radius 2 is 1.83 bits per heavy atom. The number of hydrogen-bond acceptors (Lipinski definition) is 8. The highest BCUT2D eigenvalue weighted by atomic mass is 32.1. The van der Waals surface area contributed by atoms with Crippen molar-refractivity contribution in [2.75, 3.05) is 55.9 Å². The second-order valence-corrected chi connectivity index (χ2v) is 12.7. The Balaban J connectivity index is 1.09. The summed E-state index contributed by atoms with van der Waals surface area (Å²) in [4.78, 5) is 31.5. The molecule has 220 valence electrons. The molecule has 1 aromatic heterocycles. The van der Waals surface area contributed by atoms with Crippen LogP contribution in [0.3, 0.4) is 0 Å². The second-order valence-electron chi connectivity index (χ2n) is 11.7. The van der Waals surface area contributed by atoms with Crippen LogP contribution in [-0.4, -0.2) is 69.1 Å². The molecule has 0 atom stereocenters. The molecule has 5 rings (SSSR count). The lowest BCUT2D eigenvalue weighted by atomic mass is 9.77. The van der Waals surface area contributed by atoms with Crippen LogP contribution >= 0.6 is 11.3 Å². The number of fused-ring (bicyclic) bond motifs is 2. The van der Waals surface area contributed by atoms with Crippen LogP contribution in [-0.2, 0) is 19.7 Å². The molecule has 0 bridgehead atoms. The van der Waals surface area contributed by atoms with Gasteiger partial charge in [-0.15, -0.1) is 11.3 Å². The maximum absolute atomic E-state index is 13.0. The van der Waals surface area contributed by atoms with E-state index in [1.54, 1.807) is 25.2 Å². The van der Waals surface area contributed by atoms with E-state index in [0.29, 0.717) is 18.8 Å². The van der Waals surface area contributed by atoms with Gasteiger partial charge in [0, 0.05) is 59.9 Å². The standard InChI is InChI=1S/C32H41N3O5S/c1-23(2)40-31(37)39-22-35-28-20-24(10-11-26(28)32(3,4)21-30(35)36)38-18-6-5-13-33-14-16-34(17-15-33)27-8-7-9-29-25(27)12-19-41-29/h7-12,19-20,23H,5-6,13-18,21-22H2,1-4H3. The maximum Gasteiger partial charge on any atom is 0.510 e. The minimum Gasteiger partial charge on any atom is -0.494 e. The van der Waals surface area contributed by atoms with Gasteiger partial charge in [-0.1, -0.05) is 26.0 Å². The van der Waals surface area contributed by atoms with Gasteiger partial charge in [0.2, 0.25) is 5.91 Å². The first-order chi connectivity index (χ1) is 19.7. The van der Waals surface area contributed by atoms with E-state index in [1.165, 1.54) is 20.7 Å². The van der Waals surface area contributed by atoms with Crippen molar-refractivity contribution in [1.29, 1.82) is 0 Å². The summed E-state index contributed by atoms with van der Waals surface area (Å²) in [5.74, 6) is 0.615. The topological polar surface area (TPSA) is 71.5 Å². The molecule has 1 amide bonds. The highest BCUT2D eigenvalue weighted by molar-refractivity contribution is 7.17. The molecule has 1 fully saturated rings. The predicted octanol–water partition coefficient (Wildman–Crippen LogP) is 6.42. The molecule has 9 heteroatoms. The number of carbonyl (C=O) groups excluding carboxylic acids is 2. The molecule has 0 N–H and O–H groups in total. The van der Waals surface area contributed by atoms with Crippen LogP contribution in [0.4, 0.5) is 16.2 Å². The van der Waals surface area contributed by atoms with Gasteiger partial charge in [-0.2, -0.15) is 0 Å². The molecule has 0 saturated carbocycles. The van der Waals surface area contributed by atoms with Gasteiger partial charge in [-0.3, -0.25) is 14.6 Å². The first-order valence-corrected chi connectivity index (χ1v) is 15.4. The highest BCUT2D eigenvalue weighted by Gasteiger charge is 2.37. The molecule has 0 spiro atoms. The smallest absolute Gasteiger partial charge is 0.494 e. The van der Waals surface area contributed by atoms with E-state index in [9.17, 15) is 9.59 Å². The largest absolute Gasteiger partial charge is 0.510 e. The number of hydrogen-bond donors (Lipinski definition) is 0. The summed E-state index contributed by atoms with van der Waals surface area (Å²) in [6, 6.07) is 14.7. The van der Waals surface area contributed by atoms with E-state index in [-0.39, 0.29) is 24.2 Å². The number of unbranched alkanes of at least 4 members (excludes halogenated alkanes) is 1. The number of nitrogens with zero attached hydrogens (tertiary/aromatic N) is 3. The number of anilines is 2. The van der Waals surface area contributed by atoms with Crippen molar-refractivity contribution < 1.29 is 23.8 Å². The monoisotopic (exact) mass is 579 g/mol. The number of rotatable bonds is 10. The number of carbonyl (C=O) groups is 2. The average molecular weight is 580 g/mol. The highest BCUT2D eigenvalue weighted by Crippen LogP contribution is 2.42. The normalized spacial score (nSPS) is 17.1. The van der Waals surface area contributed by atoms with Crippen molar-refractivity contribution in [2.45, 2.75) is 58.5 Å². The SMILES string of the molecule is CC(C)OC(=O)OCN1C(=O)CC(C)(C)c2ccc(OCCCCN3CCN(c4cccc5sccc45)CC3)cc21. The quantitative estimate of drug-likeness (QED) is 0.203. The van der Waals surface area contributed by atoms with Gasteiger partial charge >= 0.3 is 6.16 Å². The van der Waals surface area contributed by atoms with E-state index in [1.807, 2.05) is 18.2 Å². The zero-order valence-electron chi connectivity index (χ0n) is 24.6. The zero-order chi connectivity index (χ0) is 29.0. The van der Waals surface area contributed by atoms with Crippen molar-refractivity contribution in [3.8, 4) is 5.75 Å².